The van der Waals surface area contributed by atoms with Crippen LogP contribution in [0.2, 0.25) is 5.02 Å². The molecular formula is C23H31ClN2O3. The largest absolute Gasteiger partial charge is 0.493 e. The molecule has 1 saturated carbocycles. The Labute approximate surface area is 178 Å². The van der Waals surface area contributed by atoms with Gasteiger partial charge >= 0.3 is 0 Å². The second kappa shape index (κ2) is 8.95. The summed E-state index contributed by atoms with van der Waals surface area (Å²) in [5, 5.41) is 3.67. The number of hydrogen-bond donors (Lipinski definition) is 1. The van der Waals surface area contributed by atoms with E-state index in [9.17, 15) is 9.59 Å². The highest BCUT2D eigenvalue weighted by Gasteiger charge is 2.38. The van der Waals surface area contributed by atoms with Crippen molar-refractivity contribution in [2.45, 2.75) is 57.8 Å². The summed E-state index contributed by atoms with van der Waals surface area (Å²) in [6.45, 7) is 2.80. The van der Waals surface area contributed by atoms with E-state index >= 15 is 0 Å². The third-order valence-corrected chi connectivity index (χ3v) is 6.83. The van der Waals surface area contributed by atoms with Crippen LogP contribution < -0.4 is 10.1 Å². The summed E-state index contributed by atoms with van der Waals surface area (Å²) in [5.74, 6) is 1.35. The van der Waals surface area contributed by atoms with Gasteiger partial charge in [0, 0.05) is 36.5 Å². The molecule has 0 radical (unpaired) electrons. The molecule has 2 aliphatic heterocycles. The molecule has 1 atom stereocenters. The number of carbonyl (C=O) groups is 2. The van der Waals surface area contributed by atoms with Crippen LogP contribution in [-0.2, 0) is 4.79 Å². The zero-order chi connectivity index (χ0) is 20.3. The minimum Gasteiger partial charge on any atom is -0.493 e. The van der Waals surface area contributed by atoms with Crippen LogP contribution in [0.15, 0.2) is 18.2 Å². The van der Waals surface area contributed by atoms with Crippen LogP contribution >= 0.6 is 11.6 Å². The zero-order valence-corrected chi connectivity index (χ0v) is 17.8. The molecule has 0 aromatic heterocycles. The van der Waals surface area contributed by atoms with E-state index < -0.39 is 0 Å². The monoisotopic (exact) mass is 418 g/mol. The van der Waals surface area contributed by atoms with Gasteiger partial charge in [0.25, 0.3) is 5.91 Å². The molecule has 1 spiro atoms. The SMILES string of the molecule is O=C1NCC2(CCCCCOc3ccc(Cl)cc31)CCCN(C(=O)CC1CC1)C2. The Morgan fingerprint density at radius 3 is 2.86 bits per heavy atom. The highest BCUT2D eigenvalue weighted by molar-refractivity contribution is 6.31. The number of amides is 2. The number of fused-ring (bicyclic) bond motifs is 1. The van der Waals surface area contributed by atoms with Gasteiger partial charge in [0.2, 0.25) is 5.91 Å². The summed E-state index contributed by atoms with van der Waals surface area (Å²) in [4.78, 5) is 27.7. The van der Waals surface area contributed by atoms with E-state index in [2.05, 4.69) is 10.2 Å². The van der Waals surface area contributed by atoms with Crippen molar-refractivity contribution in [3.63, 3.8) is 0 Å². The Morgan fingerprint density at radius 1 is 1.21 bits per heavy atom. The molecule has 1 unspecified atom stereocenters. The Kier molecular flexibility index (Phi) is 6.33. The lowest BCUT2D eigenvalue weighted by Crippen LogP contribution is -2.51. The first-order chi connectivity index (χ1) is 14.0. The first kappa shape index (κ1) is 20.5. The Bertz CT molecular complexity index is 764. The van der Waals surface area contributed by atoms with Crippen molar-refractivity contribution in [1.29, 1.82) is 0 Å². The van der Waals surface area contributed by atoms with Gasteiger partial charge in [-0.1, -0.05) is 24.4 Å². The van der Waals surface area contributed by atoms with Gasteiger partial charge in [0.1, 0.15) is 5.75 Å². The Morgan fingerprint density at radius 2 is 2.03 bits per heavy atom. The molecule has 3 aliphatic rings. The topological polar surface area (TPSA) is 58.6 Å². The van der Waals surface area contributed by atoms with E-state index in [4.69, 9.17) is 16.3 Å². The highest BCUT2D eigenvalue weighted by Crippen LogP contribution is 2.38. The van der Waals surface area contributed by atoms with Crippen molar-refractivity contribution in [2.24, 2.45) is 11.3 Å². The summed E-state index contributed by atoms with van der Waals surface area (Å²) in [6.07, 6.45) is 9.34. The fraction of sp³-hybridized carbons (Fsp3) is 0.652. The van der Waals surface area contributed by atoms with E-state index in [0.29, 0.717) is 47.7 Å². The minimum absolute atomic E-state index is 0.0358. The smallest absolute Gasteiger partial charge is 0.255 e. The predicted octanol–water partition coefficient (Wildman–Crippen LogP) is 4.43. The number of ether oxygens (including phenoxy) is 1. The Balaban J connectivity index is 1.50. The molecule has 2 heterocycles. The lowest BCUT2D eigenvalue weighted by Gasteiger charge is -2.43. The Hall–Kier alpha value is -1.75. The lowest BCUT2D eigenvalue weighted by atomic mass is 9.75. The number of benzene rings is 1. The zero-order valence-electron chi connectivity index (χ0n) is 17.1. The molecule has 1 aromatic rings. The van der Waals surface area contributed by atoms with Crippen LogP contribution in [0.1, 0.15) is 68.1 Å². The molecule has 1 aromatic carbocycles. The molecule has 29 heavy (non-hydrogen) atoms. The normalized spacial score (nSPS) is 26.0. The number of hydrogen-bond acceptors (Lipinski definition) is 3. The van der Waals surface area contributed by atoms with Crippen molar-refractivity contribution < 1.29 is 14.3 Å². The number of piperidine rings is 1. The average molecular weight is 419 g/mol. The minimum atomic E-state index is -0.149. The van der Waals surface area contributed by atoms with Crippen LogP contribution in [0, 0.1) is 11.3 Å². The maximum Gasteiger partial charge on any atom is 0.255 e. The molecule has 1 N–H and O–H groups in total. The van der Waals surface area contributed by atoms with Crippen molar-refractivity contribution in [3.8, 4) is 5.75 Å². The maximum atomic E-state index is 12.9. The summed E-state index contributed by atoms with van der Waals surface area (Å²) >= 11 is 6.13. The molecule has 5 nitrogen and oxygen atoms in total. The quantitative estimate of drug-likeness (QED) is 0.772. The fourth-order valence-corrected chi connectivity index (χ4v) is 4.86. The number of halogens is 1. The molecule has 0 bridgehead atoms. The predicted molar refractivity (Wildman–Crippen MR) is 113 cm³/mol. The van der Waals surface area contributed by atoms with Crippen LogP contribution in [0.3, 0.4) is 0 Å². The summed E-state index contributed by atoms with van der Waals surface area (Å²) in [6, 6.07) is 5.21. The van der Waals surface area contributed by atoms with Crippen molar-refractivity contribution >= 4 is 23.4 Å². The van der Waals surface area contributed by atoms with Gasteiger partial charge in [0.05, 0.1) is 12.2 Å². The molecule has 1 saturated heterocycles. The van der Waals surface area contributed by atoms with Gasteiger partial charge in [0.15, 0.2) is 0 Å². The van der Waals surface area contributed by atoms with Gasteiger partial charge in [-0.15, -0.1) is 0 Å². The number of nitrogens with one attached hydrogen (secondary N) is 1. The van der Waals surface area contributed by atoms with Gasteiger partial charge in [-0.3, -0.25) is 9.59 Å². The van der Waals surface area contributed by atoms with Gasteiger partial charge in [-0.25, -0.2) is 0 Å². The highest BCUT2D eigenvalue weighted by atomic mass is 35.5. The number of nitrogens with zero attached hydrogens (tertiary/aromatic N) is 1. The van der Waals surface area contributed by atoms with Gasteiger partial charge < -0.3 is 15.0 Å². The first-order valence-corrected chi connectivity index (χ1v) is 11.4. The van der Waals surface area contributed by atoms with Crippen molar-refractivity contribution in [3.05, 3.63) is 28.8 Å². The third kappa shape index (κ3) is 5.25. The van der Waals surface area contributed by atoms with E-state index in [1.165, 1.54) is 12.8 Å². The number of rotatable bonds is 2. The summed E-state index contributed by atoms with van der Waals surface area (Å²) < 4.78 is 5.84. The lowest BCUT2D eigenvalue weighted by molar-refractivity contribution is -0.135. The van der Waals surface area contributed by atoms with E-state index in [1.54, 1.807) is 18.2 Å². The molecular weight excluding hydrogens is 388 g/mol. The second-order valence-electron chi connectivity index (χ2n) is 9.05. The van der Waals surface area contributed by atoms with Crippen LogP contribution in [0.5, 0.6) is 5.75 Å². The average Bonchev–Trinajstić information content (AvgIpc) is 3.53. The molecule has 2 amide bonds. The van der Waals surface area contributed by atoms with Gasteiger partial charge in [-0.05, 0) is 62.6 Å². The van der Waals surface area contributed by atoms with E-state index in [-0.39, 0.29) is 11.3 Å². The maximum absolute atomic E-state index is 12.9. The van der Waals surface area contributed by atoms with E-state index in [0.717, 1.165) is 51.6 Å². The number of likely N-dealkylation sites (tertiary alicyclic amines) is 1. The standard InChI is InChI=1S/C23H31ClN2O3/c24-18-7-8-20-19(14-18)22(28)25-15-23(9-2-1-3-12-29-20)10-4-11-26(16-23)21(27)13-17-5-6-17/h7-8,14,17H,1-6,9-13,15-16H2,(H,25,28). The molecule has 6 heteroatoms. The summed E-state index contributed by atoms with van der Waals surface area (Å²) in [5.41, 5.74) is 0.456. The second-order valence-corrected chi connectivity index (χ2v) is 9.49. The fourth-order valence-electron chi connectivity index (χ4n) is 4.69. The van der Waals surface area contributed by atoms with Crippen LogP contribution in [-0.4, -0.2) is 43.0 Å². The molecule has 2 fully saturated rings. The number of carbonyl (C=O) groups excluding carboxylic acids is 2. The first-order valence-electron chi connectivity index (χ1n) is 11.0. The van der Waals surface area contributed by atoms with Crippen molar-refractivity contribution in [1.82, 2.24) is 10.2 Å². The molecule has 1 aliphatic carbocycles. The molecule has 158 valence electrons. The van der Waals surface area contributed by atoms with Crippen LogP contribution in [0.25, 0.3) is 0 Å². The summed E-state index contributed by atoms with van der Waals surface area (Å²) in [7, 11) is 0. The third-order valence-electron chi connectivity index (χ3n) is 6.59. The van der Waals surface area contributed by atoms with Crippen LogP contribution in [0.4, 0.5) is 0 Å². The van der Waals surface area contributed by atoms with Gasteiger partial charge in [-0.2, -0.15) is 0 Å². The van der Waals surface area contributed by atoms with Crippen molar-refractivity contribution in [2.75, 3.05) is 26.2 Å². The molecule has 4 rings (SSSR count). The van der Waals surface area contributed by atoms with E-state index in [1.807, 2.05) is 0 Å².